The summed E-state index contributed by atoms with van der Waals surface area (Å²) in [6, 6.07) is 1.39. The zero-order valence-corrected chi connectivity index (χ0v) is 9.70. The highest BCUT2D eigenvalue weighted by Gasteiger charge is 2.38. The number of hydrogen-bond donors (Lipinski definition) is 2. The van der Waals surface area contributed by atoms with Crippen molar-refractivity contribution in [1.82, 2.24) is 10.3 Å². The second kappa shape index (κ2) is 6.17. The molecule has 0 aromatic carbocycles. The van der Waals surface area contributed by atoms with Crippen LogP contribution in [-0.2, 0) is 11.2 Å². The number of alkyl halides is 3. The van der Waals surface area contributed by atoms with E-state index in [4.69, 9.17) is 5.11 Å². The Labute approximate surface area is 106 Å². The van der Waals surface area contributed by atoms with Gasteiger partial charge in [-0.05, 0) is 24.5 Å². The summed E-state index contributed by atoms with van der Waals surface area (Å²) < 4.78 is 35.6. The van der Waals surface area contributed by atoms with Crippen LogP contribution < -0.4 is 5.32 Å². The standard InChI is InChI=1S/C11H11F3N2O3/c12-11(13,14)10(19)16-3-1-2-7-4-8(9(17)18)6-15-5-7/h4-6H,1-3H2,(H,16,19)(H,17,18). The fourth-order valence-corrected chi connectivity index (χ4v) is 1.34. The molecule has 1 rings (SSSR count). The molecule has 0 saturated carbocycles. The molecule has 0 spiro atoms. The molecule has 5 nitrogen and oxygen atoms in total. The second-order valence-electron chi connectivity index (χ2n) is 3.74. The lowest BCUT2D eigenvalue weighted by Crippen LogP contribution is -2.37. The average Bonchev–Trinajstić information content (AvgIpc) is 2.33. The van der Waals surface area contributed by atoms with Crippen molar-refractivity contribution in [3.63, 3.8) is 0 Å². The zero-order chi connectivity index (χ0) is 14.5. The van der Waals surface area contributed by atoms with E-state index in [1.165, 1.54) is 18.5 Å². The molecule has 104 valence electrons. The maximum Gasteiger partial charge on any atom is 0.471 e. The minimum atomic E-state index is -4.88. The van der Waals surface area contributed by atoms with Crippen molar-refractivity contribution in [3.8, 4) is 0 Å². The van der Waals surface area contributed by atoms with Crippen molar-refractivity contribution in [2.24, 2.45) is 0 Å². The number of aromatic nitrogens is 1. The third-order valence-corrected chi connectivity index (χ3v) is 2.23. The van der Waals surface area contributed by atoms with Crippen molar-refractivity contribution in [1.29, 1.82) is 0 Å². The quantitative estimate of drug-likeness (QED) is 0.796. The molecule has 0 radical (unpaired) electrons. The first kappa shape index (κ1) is 14.9. The van der Waals surface area contributed by atoms with Gasteiger partial charge in [-0.25, -0.2) is 4.79 Å². The minimum absolute atomic E-state index is 0.0110. The maximum absolute atomic E-state index is 11.9. The van der Waals surface area contributed by atoms with E-state index < -0.39 is 18.1 Å². The highest BCUT2D eigenvalue weighted by Crippen LogP contribution is 2.14. The van der Waals surface area contributed by atoms with Gasteiger partial charge in [0.1, 0.15) is 0 Å². The van der Waals surface area contributed by atoms with Gasteiger partial charge in [-0.15, -0.1) is 0 Å². The van der Waals surface area contributed by atoms with Crippen LogP contribution in [0.5, 0.6) is 0 Å². The summed E-state index contributed by atoms with van der Waals surface area (Å²) in [6.07, 6.45) is -1.70. The van der Waals surface area contributed by atoms with Gasteiger partial charge in [0.05, 0.1) is 5.56 Å². The molecule has 1 amide bonds. The predicted molar refractivity (Wildman–Crippen MR) is 58.6 cm³/mol. The Bertz CT molecular complexity index is 474. The van der Waals surface area contributed by atoms with Crippen LogP contribution in [0.3, 0.4) is 0 Å². The summed E-state index contributed by atoms with van der Waals surface area (Å²) in [5, 5.41) is 10.5. The van der Waals surface area contributed by atoms with Crippen LogP contribution in [0.4, 0.5) is 13.2 Å². The molecule has 0 bridgehead atoms. The monoisotopic (exact) mass is 276 g/mol. The van der Waals surface area contributed by atoms with E-state index in [1.54, 1.807) is 5.32 Å². The maximum atomic E-state index is 11.9. The number of pyridine rings is 1. The number of nitrogens with zero attached hydrogens (tertiary/aromatic N) is 1. The van der Waals surface area contributed by atoms with Crippen molar-refractivity contribution >= 4 is 11.9 Å². The highest BCUT2D eigenvalue weighted by molar-refractivity contribution is 5.87. The lowest BCUT2D eigenvalue weighted by atomic mass is 10.1. The predicted octanol–water partition coefficient (Wildman–Crippen LogP) is 1.39. The molecule has 0 atom stereocenters. The first-order valence-corrected chi connectivity index (χ1v) is 5.33. The summed E-state index contributed by atoms with van der Waals surface area (Å²) >= 11 is 0. The van der Waals surface area contributed by atoms with E-state index in [0.29, 0.717) is 12.0 Å². The highest BCUT2D eigenvalue weighted by atomic mass is 19.4. The van der Waals surface area contributed by atoms with Gasteiger partial charge in [0.25, 0.3) is 0 Å². The van der Waals surface area contributed by atoms with Gasteiger partial charge in [0.15, 0.2) is 0 Å². The number of carboxylic acids is 1. The first-order valence-electron chi connectivity index (χ1n) is 5.33. The minimum Gasteiger partial charge on any atom is -0.478 e. The molecule has 1 aromatic rings. The fourth-order valence-electron chi connectivity index (χ4n) is 1.34. The molecular formula is C11H11F3N2O3. The topological polar surface area (TPSA) is 79.3 Å². The van der Waals surface area contributed by atoms with Crippen LogP contribution in [0, 0.1) is 0 Å². The van der Waals surface area contributed by atoms with Gasteiger partial charge in [0, 0.05) is 18.9 Å². The van der Waals surface area contributed by atoms with Crippen LogP contribution in [-0.4, -0.2) is 34.7 Å². The molecule has 0 unspecified atom stereocenters. The van der Waals surface area contributed by atoms with Gasteiger partial charge in [-0.2, -0.15) is 13.2 Å². The van der Waals surface area contributed by atoms with Crippen molar-refractivity contribution in [2.45, 2.75) is 19.0 Å². The average molecular weight is 276 g/mol. The van der Waals surface area contributed by atoms with E-state index in [2.05, 4.69) is 4.98 Å². The molecule has 19 heavy (non-hydrogen) atoms. The van der Waals surface area contributed by atoms with Gasteiger partial charge in [0.2, 0.25) is 0 Å². The van der Waals surface area contributed by atoms with Gasteiger partial charge in [-0.1, -0.05) is 0 Å². The zero-order valence-electron chi connectivity index (χ0n) is 9.70. The fraction of sp³-hybridized carbons (Fsp3) is 0.364. The molecule has 2 N–H and O–H groups in total. The summed E-state index contributed by atoms with van der Waals surface area (Å²) in [6.45, 7) is -0.143. The molecule has 0 fully saturated rings. The molecular weight excluding hydrogens is 265 g/mol. The van der Waals surface area contributed by atoms with Gasteiger partial charge < -0.3 is 10.4 Å². The van der Waals surface area contributed by atoms with Crippen LogP contribution in [0.15, 0.2) is 18.5 Å². The summed E-state index contributed by atoms with van der Waals surface area (Å²) in [4.78, 5) is 24.9. The number of hydrogen-bond acceptors (Lipinski definition) is 3. The first-order chi connectivity index (χ1) is 8.80. The summed E-state index contributed by atoms with van der Waals surface area (Å²) in [5.41, 5.74) is 0.595. The Morgan fingerprint density at radius 1 is 1.32 bits per heavy atom. The van der Waals surface area contributed by atoms with Crippen LogP contribution in [0.1, 0.15) is 22.3 Å². The number of amides is 1. The number of carbonyl (C=O) groups excluding carboxylic acids is 1. The van der Waals surface area contributed by atoms with E-state index in [1.807, 2.05) is 0 Å². The van der Waals surface area contributed by atoms with E-state index >= 15 is 0 Å². The van der Waals surface area contributed by atoms with E-state index in [0.717, 1.165) is 0 Å². The molecule has 1 heterocycles. The van der Waals surface area contributed by atoms with Crippen molar-refractivity contribution in [3.05, 3.63) is 29.6 Å². The number of rotatable bonds is 5. The Morgan fingerprint density at radius 2 is 2.00 bits per heavy atom. The van der Waals surface area contributed by atoms with Gasteiger partial charge in [-0.3, -0.25) is 9.78 Å². The SMILES string of the molecule is O=C(O)c1cncc(CCCNC(=O)C(F)(F)F)c1. The molecule has 1 aromatic heterocycles. The third-order valence-electron chi connectivity index (χ3n) is 2.23. The van der Waals surface area contributed by atoms with Crippen LogP contribution in [0.25, 0.3) is 0 Å². The molecule has 0 aliphatic heterocycles. The van der Waals surface area contributed by atoms with E-state index in [9.17, 15) is 22.8 Å². The number of nitrogens with one attached hydrogen (secondary N) is 1. The largest absolute Gasteiger partial charge is 0.478 e. The summed E-state index contributed by atoms with van der Waals surface area (Å²) in [5.74, 6) is -3.11. The summed E-state index contributed by atoms with van der Waals surface area (Å²) in [7, 11) is 0. The normalized spacial score (nSPS) is 11.1. The molecule has 8 heteroatoms. The second-order valence-corrected chi connectivity index (χ2v) is 3.74. The number of aromatic carboxylic acids is 1. The molecule has 0 saturated heterocycles. The van der Waals surface area contributed by atoms with Gasteiger partial charge >= 0.3 is 18.1 Å². The lowest BCUT2D eigenvalue weighted by Gasteiger charge is -2.07. The van der Waals surface area contributed by atoms with E-state index in [-0.39, 0.29) is 18.5 Å². The molecule has 0 aliphatic carbocycles. The smallest absolute Gasteiger partial charge is 0.471 e. The Balaban J connectivity index is 2.40. The van der Waals surface area contributed by atoms with Crippen molar-refractivity contribution in [2.75, 3.05) is 6.54 Å². The number of carboxylic acid groups (broad SMARTS) is 1. The Kier molecular flexibility index (Phi) is 4.85. The van der Waals surface area contributed by atoms with Crippen LogP contribution >= 0.6 is 0 Å². The van der Waals surface area contributed by atoms with Crippen molar-refractivity contribution < 1.29 is 27.9 Å². The Hall–Kier alpha value is -2.12. The lowest BCUT2D eigenvalue weighted by molar-refractivity contribution is -0.173. The molecule has 0 aliphatic rings. The Morgan fingerprint density at radius 3 is 2.58 bits per heavy atom. The number of halogens is 3. The third kappa shape index (κ3) is 4.94. The van der Waals surface area contributed by atoms with Crippen LogP contribution in [0.2, 0.25) is 0 Å². The number of aryl methyl sites for hydroxylation is 1. The number of carbonyl (C=O) groups is 2.